The third-order valence-electron chi connectivity index (χ3n) is 3.10. The van der Waals surface area contributed by atoms with Gasteiger partial charge in [-0.1, -0.05) is 23.7 Å². The van der Waals surface area contributed by atoms with Gasteiger partial charge in [-0.25, -0.2) is 4.39 Å². The van der Waals surface area contributed by atoms with Crippen molar-refractivity contribution >= 4 is 28.1 Å². The zero-order valence-electron chi connectivity index (χ0n) is 12.4. The van der Waals surface area contributed by atoms with E-state index in [1.54, 1.807) is 24.5 Å². The Labute approximate surface area is 136 Å². The Hall–Kier alpha value is -1.59. The Kier molecular flexibility index (Phi) is 5.80. The molecule has 0 spiro atoms. The lowest BCUT2D eigenvalue weighted by atomic mass is 10.2. The maximum atomic E-state index is 13.7. The van der Waals surface area contributed by atoms with Crippen LogP contribution in [0.3, 0.4) is 0 Å². The molecule has 0 saturated heterocycles. The first-order valence-electron chi connectivity index (χ1n) is 6.64. The van der Waals surface area contributed by atoms with E-state index in [1.165, 1.54) is 13.2 Å². The van der Waals surface area contributed by atoms with Crippen molar-refractivity contribution < 1.29 is 13.3 Å². The van der Waals surface area contributed by atoms with Gasteiger partial charge in [0.25, 0.3) is 0 Å². The van der Waals surface area contributed by atoms with Crippen molar-refractivity contribution in [3.63, 3.8) is 0 Å². The molecule has 118 valence electrons. The Morgan fingerprint density at radius 2 is 1.95 bits per heavy atom. The van der Waals surface area contributed by atoms with Crippen LogP contribution in [0, 0.1) is 5.82 Å². The molecule has 0 aliphatic carbocycles. The summed E-state index contributed by atoms with van der Waals surface area (Å²) < 4.78 is 29.8. The molecule has 0 aliphatic heterocycles. The number of ether oxygens (including phenoxy) is 1. The highest BCUT2D eigenvalue weighted by molar-refractivity contribution is 7.83. The van der Waals surface area contributed by atoms with Crippen LogP contribution < -0.4 is 10.1 Å². The molecule has 0 fully saturated rings. The van der Waals surface area contributed by atoms with Gasteiger partial charge < -0.3 is 10.1 Å². The lowest BCUT2D eigenvalue weighted by Gasteiger charge is -2.11. The average Bonchev–Trinajstić information content (AvgIpc) is 2.47. The lowest BCUT2D eigenvalue weighted by molar-refractivity contribution is 0.386. The largest absolute Gasteiger partial charge is 0.494 e. The van der Waals surface area contributed by atoms with E-state index in [-0.39, 0.29) is 5.75 Å². The Morgan fingerprint density at radius 3 is 2.59 bits per heavy atom. The smallest absolute Gasteiger partial charge is 0.165 e. The summed E-state index contributed by atoms with van der Waals surface area (Å²) in [6.07, 6.45) is 1.65. The van der Waals surface area contributed by atoms with Gasteiger partial charge in [-0.3, -0.25) is 4.21 Å². The quantitative estimate of drug-likeness (QED) is 0.863. The molecule has 0 saturated carbocycles. The van der Waals surface area contributed by atoms with Crippen molar-refractivity contribution in [1.29, 1.82) is 0 Å². The fourth-order valence-corrected chi connectivity index (χ4v) is 2.88. The van der Waals surface area contributed by atoms with Gasteiger partial charge in [0.2, 0.25) is 0 Å². The summed E-state index contributed by atoms with van der Waals surface area (Å²) in [5.41, 5.74) is 2.45. The monoisotopic (exact) mass is 341 g/mol. The number of hydrogen-bond acceptors (Lipinski definition) is 3. The SMILES string of the molecule is COc1ccc(CNc2cc(C[S@](C)=O)ccc2Cl)cc1F. The van der Waals surface area contributed by atoms with Crippen LogP contribution >= 0.6 is 11.6 Å². The zero-order chi connectivity index (χ0) is 16.1. The molecule has 0 heterocycles. The van der Waals surface area contributed by atoms with Crippen LogP contribution in [0.15, 0.2) is 36.4 Å². The summed E-state index contributed by atoms with van der Waals surface area (Å²) in [6.45, 7) is 0.430. The van der Waals surface area contributed by atoms with Crippen LogP contribution in [0.2, 0.25) is 5.02 Å². The highest BCUT2D eigenvalue weighted by Gasteiger charge is 2.06. The molecule has 0 amide bonds. The topological polar surface area (TPSA) is 38.3 Å². The Morgan fingerprint density at radius 1 is 1.23 bits per heavy atom. The molecule has 0 radical (unpaired) electrons. The van der Waals surface area contributed by atoms with E-state index in [0.717, 1.165) is 16.8 Å². The minimum atomic E-state index is -0.913. The van der Waals surface area contributed by atoms with E-state index in [9.17, 15) is 8.60 Å². The number of methoxy groups -OCH3 is 1. The van der Waals surface area contributed by atoms with Crippen molar-refractivity contribution in [2.45, 2.75) is 12.3 Å². The number of benzene rings is 2. The summed E-state index contributed by atoms with van der Waals surface area (Å²) in [6, 6.07) is 10.3. The van der Waals surface area contributed by atoms with Gasteiger partial charge in [0.15, 0.2) is 11.6 Å². The molecular formula is C16H17ClFNO2S. The van der Waals surface area contributed by atoms with Gasteiger partial charge >= 0.3 is 0 Å². The molecule has 2 rings (SSSR count). The molecule has 2 aromatic rings. The zero-order valence-corrected chi connectivity index (χ0v) is 13.9. The first-order valence-corrected chi connectivity index (χ1v) is 8.75. The predicted molar refractivity (Wildman–Crippen MR) is 89.5 cm³/mol. The highest BCUT2D eigenvalue weighted by Crippen LogP contribution is 2.25. The van der Waals surface area contributed by atoms with Crippen LogP contribution in [0.25, 0.3) is 0 Å². The number of anilines is 1. The van der Waals surface area contributed by atoms with E-state index in [4.69, 9.17) is 16.3 Å². The summed E-state index contributed by atoms with van der Waals surface area (Å²) in [4.78, 5) is 0. The van der Waals surface area contributed by atoms with Crippen molar-refractivity contribution in [1.82, 2.24) is 0 Å². The lowest BCUT2D eigenvalue weighted by Crippen LogP contribution is -2.02. The first-order chi connectivity index (χ1) is 10.5. The van der Waals surface area contributed by atoms with Crippen LogP contribution in [0.4, 0.5) is 10.1 Å². The summed E-state index contributed by atoms with van der Waals surface area (Å²) in [5, 5.41) is 3.74. The molecule has 1 atom stereocenters. The molecule has 6 heteroatoms. The standard InChI is InChI=1S/C16H17ClFNO2S/c1-21-16-6-4-11(7-14(16)18)9-19-15-8-12(10-22(2)20)3-5-13(15)17/h3-8,19H,9-10H2,1-2H3/t22-/m0/s1. The second kappa shape index (κ2) is 7.61. The molecule has 22 heavy (non-hydrogen) atoms. The van der Waals surface area contributed by atoms with Gasteiger partial charge in [0, 0.05) is 29.4 Å². The maximum Gasteiger partial charge on any atom is 0.165 e. The van der Waals surface area contributed by atoms with Crippen molar-refractivity contribution in [2.75, 3.05) is 18.7 Å². The van der Waals surface area contributed by atoms with E-state index in [2.05, 4.69) is 5.32 Å². The van der Waals surface area contributed by atoms with Crippen molar-refractivity contribution in [3.05, 3.63) is 58.4 Å². The maximum absolute atomic E-state index is 13.7. The van der Waals surface area contributed by atoms with Crippen LogP contribution in [0.5, 0.6) is 5.75 Å². The van der Waals surface area contributed by atoms with Gasteiger partial charge in [-0.15, -0.1) is 0 Å². The second-order valence-corrected chi connectivity index (χ2v) is 6.70. The average molecular weight is 342 g/mol. The van der Waals surface area contributed by atoms with E-state index in [0.29, 0.717) is 17.3 Å². The third kappa shape index (κ3) is 4.45. The number of halogens is 2. The summed E-state index contributed by atoms with van der Waals surface area (Å²) >= 11 is 6.15. The minimum Gasteiger partial charge on any atom is -0.494 e. The van der Waals surface area contributed by atoms with Gasteiger partial charge in [0.1, 0.15) is 0 Å². The van der Waals surface area contributed by atoms with E-state index < -0.39 is 16.6 Å². The molecule has 0 aliphatic rings. The van der Waals surface area contributed by atoms with Gasteiger partial charge in [0.05, 0.1) is 17.8 Å². The highest BCUT2D eigenvalue weighted by atomic mass is 35.5. The molecule has 2 aromatic carbocycles. The summed E-state index contributed by atoms with van der Waals surface area (Å²) in [7, 11) is 0.517. The molecule has 0 aromatic heterocycles. The molecule has 1 N–H and O–H groups in total. The fraction of sp³-hybridized carbons (Fsp3) is 0.250. The van der Waals surface area contributed by atoms with E-state index in [1.807, 2.05) is 12.1 Å². The third-order valence-corrected chi connectivity index (χ3v) is 4.17. The molecule has 0 unspecified atom stereocenters. The number of nitrogens with one attached hydrogen (secondary N) is 1. The predicted octanol–water partition coefficient (Wildman–Crippen LogP) is 3.98. The van der Waals surface area contributed by atoms with Crippen LogP contribution in [-0.4, -0.2) is 17.6 Å². The van der Waals surface area contributed by atoms with Gasteiger partial charge in [-0.2, -0.15) is 0 Å². The summed E-state index contributed by atoms with van der Waals surface area (Å²) in [5.74, 6) is 0.292. The number of rotatable bonds is 6. The second-order valence-electron chi connectivity index (χ2n) is 4.85. The van der Waals surface area contributed by atoms with Crippen LogP contribution in [0.1, 0.15) is 11.1 Å². The fourth-order valence-electron chi connectivity index (χ4n) is 2.05. The first kappa shape index (κ1) is 16.8. The number of hydrogen-bond donors (Lipinski definition) is 1. The van der Waals surface area contributed by atoms with Crippen molar-refractivity contribution in [2.24, 2.45) is 0 Å². The molecule has 3 nitrogen and oxygen atoms in total. The van der Waals surface area contributed by atoms with Gasteiger partial charge in [-0.05, 0) is 35.4 Å². The van der Waals surface area contributed by atoms with Crippen LogP contribution in [-0.2, 0) is 23.1 Å². The minimum absolute atomic E-state index is 0.217. The van der Waals surface area contributed by atoms with E-state index >= 15 is 0 Å². The Balaban J connectivity index is 2.10. The Bertz CT molecular complexity index is 694. The molecular weight excluding hydrogens is 325 g/mol. The normalized spacial score (nSPS) is 12.0. The van der Waals surface area contributed by atoms with Crippen molar-refractivity contribution in [3.8, 4) is 5.75 Å². The molecule has 0 bridgehead atoms.